The SMILES string of the molecule is Cc1c(C(=O)N[C@@H](CC(C)C)C(=O)O)cnc2ncnn12. The van der Waals surface area contributed by atoms with Gasteiger partial charge in [0.05, 0.1) is 11.3 Å². The van der Waals surface area contributed by atoms with Crippen molar-refractivity contribution in [2.75, 3.05) is 0 Å². The molecule has 1 amide bonds. The number of fused-ring (bicyclic) bond motifs is 1. The maximum atomic E-state index is 12.3. The van der Waals surface area contributed by atoms with Crippen LogP contribution in [0.1, 0.15) is 36.3 Å². The van der Waals surface area contributed by atoms with Crippen molar-refractivity contribution in [2.45, 2.75) is 33.2 Å². The third-order valence-electron chi connectivity index (χ3n) is 3.10. The Bertz CT molecular complexity index is 679. The average Bonchev–Trinajstić information content (AvgIpc) is 2.86. The van der Waals surface area contributed by atoms with Gasteiger partial charge in [-0.25, -0.2) is 14.3 Å². The number of aromatic nitrogens is 4. The second-order valence-corrected chi connectivity index (χ2v) is 5.22. The Hall–Kier alpha value is -2.51. The molecule has 8 nitrogen and oxygen atoms in total. The van der Waals surface area contributed by atoms with Gasteiger partial charge in [0, 0.05) is 6.20 Å². The zero-order chi connectivity index (χ0) is 15.6. The Morgan fingerprint density at radius 1 is 1.38 bits per heavy atom. The summed E-state index contributed by atoms with van der Waals surface area (Å²) in [6, 6.07) is -0.927. The van der Waals surface area contributed by atoms with Crippen LogP contribution < -0.4 is 5.32 Å². The number of nitrogens with zero attached hydrogens (tertiary/aromatic N) is 4. The summed E-state index contributed by atoms with van der Waals surface area (Å²) < 4.78 is 1.44. The first-order valence-corrected chi connectivity index (χ1v) is 6.59. The highest BCUT2D eigenvalue weighted by Crippen LogP contribution is 2.10. The van der Waals surface area contributed by atoms with Crippen LogP contribution in [0.2, 0.25) is 0 Å². The predicted octanol–water partition coefficient (Wildman–Crippen LogP) is 0.662. The van der Waals surface area contributed by atoms with Crippen LogP contribution in [0.15, 0.2) is 12.5 Å². The van der Waals surface area contributed by atoms with Gasteiger partial charge in [0.2, 0.25) is 0 Å². The lowest BCUT2D eigenvalue weighted by Crippen LogP contribution is -2.42. The zero-order valence-corrected chi connectivity index (χ0v) is 12.1. The lowest BCUT2D eigenvalue weighted by Gasteiger charge is -2.17. The summed E-state index contributed by atoms with van der Waals surface area (Å²) in [6.45, 7) is 5.50. The number of carbonyl (C=O) groups is 2. The van der Waals surface area contributed by atoms with Crippen LogP contribution in [0.25, 0.3) is 5.78 Å². The Morgan fingerprint density at radius 2 is 2.10 bits per heavy atom. The number of aryl methyl sites for hydroxylation is 1. The number of hydrogen-bond donors (Lipinski definition) is 2. The van der Waals surface area contributed by atoms with E-state index in [1.165, 1.54) is 17.0 Å². The van der Waals surface area contributed by atoms with E-state index in [4.69, 9.17) is 5.11 Å². The molecule has 0 saturated carbocycles. The number of carboxylic acid groups (broad SMARTS) is 1. The molecule has 0 spiro atoms. The number of carboxylic acids is 1. The smallest absolute Gasteiger partial charge is 0.326 e. The first kappa shape index (κ1) is 14.9. The summed E-state index contributed by atoms with van der Waals surface area (Å²) in [5, 5.41) is 15.7. The maximum absolute atomic E-state index is 12.3. The molecule has 0 radical (unpaired) electrons. The quantitative estimate of drug-likeness (QED) is 0.837. The van der Waals surface area contributed by atoms with Crippen molar-refractivity contribution in [3.05, 3.63) is 23.8 Å². The lowest BCUT2D eigenvalue weighted by molar-refractivity contribution is -0.139. The van der Waals surface area contributed by atoms with E-state index in [-0.39, 0.29) is 11.5 Å². The third-order valence-corrected chi connectivity index (χ3v) is 3.10. The fraction of sp³-hybridized carbons (Fsp3) is 0.462. The van der Waals surface area contributed by atoms with Crippen LogP contribution in [0.5, 0.6) is 0 Å². The first-order chi connectivity index (χ1) is 9.90. The Labute approximate surface area is 121 Å². The van der Waals surface area contributed by atoms with E-state index in [0.29, 0.717) is 17.9 Å². The lowest BCUT2D eigenvalue weighted by atomic mass is 10.0. The first-order valence-electron chi connectivity index (χ1n) is 6.59. The zero-order valence-electron chi connectivity index (χ0n) is 12.1. The summed E-state index contributed by atoms with van der Waals surface area (Å²) >= 11 is 0. The van der Waals surface area contributed by atoms with Crippen LogP contribution in [0, 0.1) is 12.8 Å². The summed E-state index contributed by atoms with van der Waals surface area (Å²) in [5.74, 6) is -0.987. The van der Waals surface area contributed by atoms with Crippen molar-refractivity contribution < 1.29 is 14.7 Å². The van der Waals surface area contributed by atoms with Crippen LogP contribution >= 0.6 is 0 Å². The summed E-state index contributed by atoms with van der Waals surface area (Å²) in [7, 11) is 0. The van der Waals surface area contributed by atoms with Gasteiger partial charge in [-0.2, -0.15) is 10.1 Å². The van der Waals surface area contributed by atoms with Crippen molar-refractivity contribution in [2.24, 2.45) is 5.92 Å². The van der Waals surface area contributed by atoms with E-state index in [2.05, 4.69) is 20.4 Å². The molecule has 0 aliphatic heterocycles. The molecule has 2 rings (SSSR count). The average molecular weight is 291 g/mol. The summed E-state index contributed by atoms with van der Waals surface area (Å²) in [4.78, 5) is 31.4. The van der Waals surface area contributed by atoms with Crippen LogP contribution in [0.4, 0.5) is 0 Å². The monoisotopic (exact) mass is 291 g/mol. The molecular formula is C13H17N5O3. The van der Waals surface area contributed by atoms with Gasteiger partial charge in [-0.05, 0) is 19.3 Å². The van der Waals surface area contributed by atoms with Crippen LogP contribution in [0.3, 0.4) is 0 Å². The number of carbonyl (C=O) groups excluding carboxylic acids is 1. The molecule has 1 atom stereocenters. The second kappa shape index (κ2) is 5.86. The van der Waals surface area contributed by atoms with Gasteiger partial charge in [0.1, 0.15) is 12.4 Å². The minimum atomic E-state index is -1.05. The number of aliphatic carboxylic acids is 1. The fourth-order valence-corrected chi connectivity index (χ4v) is 2.04. The highest BCUT2D eigenvalue weighted by atomic mass is 16.4. The third kappa shape index (κ3) is 3.15. The minimum absolute atomic E-state index is 0.156. The van der Waals surface area contributed by atoms with Crippen LogP contribution in [-0.4, -0.2) is 42.6 Å². The summed E-state index contributed by atoms with van der Waals surface area (Å²) in [6.07, 6.45) is 3.08. The molecule has 112 valence electrons. The van der Waals surface area contributed by atoms with E-state index in [0.717, 1.165) is 0 Å². The molecule has 0 aromatic carbocycles. The molecule has 0 unspecified atom stereocenters. The van der Waals surface area contributed by atoms with Crippen molar-refractivity contribution in [1.82, 2.24) is 24.9 Å². The van der Waals surface area contributed by atoms with E-state index in [1.54, 1.807) is 6.92 Å². The molecule has 0 aliphatic rings. The number of hydrogen-bond acceptors (Lipinski definition) is 5. The van der Waals surface area contributed by atoms with Gasteiger partial charge in [-0.15, -0.1) is 0 Å². The van der Waals surface area contributed by atoms with E-state index >= 15 is 0 Å². The Morgan fingerprint density at radius 3 is 2.71 bits per heavy atom. The highest BCUT2D eigenvalue weighted by molar-refractivity contribution is 5.97. The van der Waals surface area contributed by atoms with E-state index < -0.39 is 17.9 Å². The minimum Gasteiger partial charge on any atom is -0.480 e. The van der Waals surface area contributed by atoms with Crippen molar-refractivity contribution in [3.63, 3.8) is 0 Å². The molecule has 2 aromatic rings. The Balaban J connectivity index is 2.25. The van der Waals surface area contributed by atoms with Gasteiger partial charge >= 0.3 is 5.97 Å². The fourth-order valence-electron chi connectivity index (χ4n) is 2.04. The summed E-state index contributed by atoms with van der Waals surface area (Å²) in [5.41, 5.74) is 0.840. The molecule has 8 heteroatoms. The number of nitrogens with one attached hydrogen (secondary N) is 1. The Kier molecular flexibility index (Phi) is 4.15. The van der Waals surface area contributed by atoms with Gasteiger partial charge in [0.15, 0.2) is 0 Å². The standard InChI is InChI=1S/C13H17N5O3/c1-7(2)4-10(12(20)21)17-11(19)9-5-14-13-15-6-16-18(13)8(9)3/h5-7,10H,4H2,1-3H3,(H,17,19)(H,20,21)/t10-/m0/s1. The molecule has 2 N–H and O–H groups in total. The van der Waals surface area contributed by atoms with Crippen LogP contribution in [-0.2, 0) is 4.79 Å². The molecule has 21 heavy (non-hydrogen) atoms. The molecule has 0 aliphatic carbocycles. The van der Waals surface area contributed by atoms with E-state index in [9.17, 15) is 9.59 Å². The maximum Gasteiger partial charge on any atom is 0.326 e. The predicted molar refractivity (Wildman–Crippen MR) is 73.9 cm³/mol. The molecular weight excluding hydrogens is 274 g/mol. The largest absolute Gasteiger partial charge is 0.480 e. The highest BCUT2D eigenvalue weighted by Gasteiger charge is 2.23. The van der Waals surface area contributed by atoms with Crippen molar-refractivity contribution >= 4 is 17.7 Å². The second-order valence-electron chi connectivity index (χ2n) is 5.22. The van der Waals surface area contributed by atoms with Gasteiger partial charge in [0.25, 0.3) is 11.7 Å². The molecule has 0 bridgehead atoms. The number of amides is 1. The van der Waals surface area contributed by atoms with Crippen molar-refractivity contribution in [1.29, 1.82) is 0 Å². The molecule has 2 aromatic heterocycles. The molecule has 0 fully saturated rings. The molecule has 0 saturated heterocycles. The van der Waals surface area contributed by atoms with Gasteiger partial charge < -0.3 is 10.4 Å². The molecule has 2 heterocycles. The van der Waals surface area contributed by atoms with Gasteiger partial charge in [-0.3, -0.25) is 4.79 Å². The van der Waals surface area contributed by atoms with Crippen molar-refractivity contribution in [3.8, 4) is 0 Å². The van der Waals surface area contributed by atoms with Gasteiger partial charge in [-0.1, -0.05) is 13.8 Å². The van der Waals surface area contributed by atoms with E-state index in [1.807, 2.05) is 13.8 Å². The topological polar surface area (TPSA) is 109 Å². The number of rotatable bonds is 5. The normalized spacial score (nSPS) is 12.6.